The second-order valence-electron chi connectivity index (χ2n) is 6.49. The normalized spacial score (nSPS) is 21.4. The molecule has 0 saturated heterocycles. The summed E-state index contributed by atoms with van der Waals surface area (Å²) < 4.78 is 6.19. The first-order valence-electron chi connectivity index (χ1n) is 8.26. The molecule has 0 aliphatic heterocycles. The van der Waals surface area contributed by atoms with Crippen molar-refractivity contribution < 1.29 is 4.74 Å². The van der Waals surface area contributed by atoms with Crippen LogP contribution in [-0.4, -0.2) is 31.6 Å². The summed E-state index contributed by atoms with van der Waals surface area (Å²) in [5.41, 5.74) is 2.76. The van der Waals surface area contributed by atoms with Crippen LogP contribution in [0, 0.1) is 5.92 Å². The number of benzene rings is 1. The molecule has 1 aromatic carbocycles. The van der Waals surface area contributed by atoms with E-state index >= 15 is 0 Å². The van der Waals surface area contributed by atoms with Crippen LogP contribution >= 0.6 is 11.3 Å². The Labute approximate surface area is 143 Å². The van der Waals surface area contributed by atoms with Crippen molar-refractivity contribution in [2.24, 2.45) is 5.92 Å². The Balaban J connectivity index is 1.66. The first-order valence-corrected chi connectivity index (χ1v) is 9.14. The molecule has 0 spiro atoms. The Morgan fingerprint density at radius 1 is 1.13 bits per heavy atom. The van der Waals surface area contributed by atoms with Gasteiger partial charge in [-0.3, -0.25) is 0 Å². The fraction of sp³-hybridized carbons (Fsp3) is 0.400. The molecule has 0 amide bonds. The van der Waals surface area contributed by atoms with Gasteiger partial charge in [-0.05, 0) is 49.5 Å². The summed E-state index contributed by atoms with van der Waals surface area (Å²) in [5.74, 6) is 0.554. The van der Waals surface area contributed by atoms with Crippen LogP contribution in [0.3, 0.4) is 0 Å². The molecular weight excluding hydrogens is 302 g/mol. The fourth-order valence-electron chi connectivity index (χ4n) is 3.25. The van der Waals surface area contributed by atoms with Crippen molar-refractivity contribution in [3.05, 3.63) is 64.4 Å². The predicted molar refractivity (Wildman–Crippen MR) is 98.6 cm³/mol. The van der Waals surface area contributed by atoms with E-state index in [2.05, 4.69) is 66.8 Å². The van der Waals surface area contributed by atoms with Crippen LogP contribution < -0.4 is 0 Å². The van der Waals surface area contributed by atoms with Gasteiger partial charge in [0.1, 0.15) is 0 Å². The molecule has 0 bridgehead atoms. The lowest BCUT2D eigenvalue weighted by atomic mass is 9.84. The Hall–Kier alpha value is -1.42. The van der Waals surface area contributed by atoms with E-state index in [-0.39, 0.29) is 0 Å². The zero-order valence-corrected chi connectivity index (χ0v) is 14.8. The second-order valence-corrected chi connectivity index (χ2v) is 7.43. The van der Waals surface area contributed by atoms with E-state index in [4.69, 9.17) is 4.74 Å². The van der Waals surface area contributed by atoms with Gasteiger partial charge in [-0.25, -0.2) is 0 Å². The van der Waals surface area contributed by atoms with E-state index in [1.807, 2.05) is 17.4 Å². The maximum absolute atomic E-state index is 6.19. The highest BCUT2D eigenvalue weighted by Gasteiger charge is 2.26. The summed E-state index contributed by atoms with van der Waals surface area (Å²) >= 11 is 1.84. The van der Waals surface area contributed by atoms with Crippen molar-refractivity contribution >= 4 is 16.9 Å². The minimum absolute atomic E-state index is 0.323. The SMILES string of the molecule is CN(C)CC1CC(OCc2ccccc2)CC=C1c1cccs1. The van der Waals surface area contributed by atoms with E-state index in [1.165, 1.54) is 16.0 Å². The molecule has 0 saturated carbocycles. The molecular formula is C20H25NOS. The molecule has 122 valence electrons. The molecule has 1 heterocycles. The molecule has 0 N–H and O–H groups in total. The van der Waals surface area contributed by atoms with Gasteiger partial charge in [0, 0.05) is 17.3 Å². The monoisotopic (exact) mass is 327 g/mol. The molecule has 2 unspecified atom stereocenters. The van der Waals surface area contributed by atoms with E-state index in [1.54, 1.807) is 0 Å². The van der Waals surface area contributed by atoms with Crippen LogP contribution in [0.15, 0.2) is 53.9 Å². The second kappa shape index (κ2) is 7.91. The van der Waals surface area contributed by atoms with E-state index in [0.717, 1.165) is 19.4 Å². The Kier molecular flexibility index (Phi) is 5.65. The van der Waals surface area contributed by atoms with Crippen LogP contribution in [0.5, 0.6) is 0 Å². The number of nitrogens with zero attached hydrogens (tertiary/aromatic N) is 1. The first-order chi connectivity index (χ1) is 11.2. The number of hydrogen-bond donors (Lipinski definition) is 0. The molecule has 3 rings (SSSR count). The van der Waals surface area contributed by atoms with Crippen LogP contribution in [0.1, 0.15) is 23.3 Å². The molecule has 0 fully saturated rings. The maximum atomic E-state index is 6.19. The van der Waals surface area contributed by atoms with Crippen molar-refractivity contribution in [1.29, 1.82) is 0 Å². The van der Waals surface area contributed by atoms with Gasteiger partial charge in [-0.15, -0.1) is 11.3 Å². The van der Waals surface area contributed by atoms with Gasteiger partial charge in [0.05, 0.1) is 12.7 Å². The van der Waals surface area contributed by atoms with Crippen molar-refractivity contribution in [3.8, 4) is 0 Å². The van der Waals surface area contributed by atoms with Gasteiger partial charge in [-0.1, -0.05) is 42.5 Å². The Morgan fingerprint density at radius 3 is 2.65 bits per heavy atom. The molecule has 1 aliphatic rings. The first kappa shape index (κ1) is 16.4. The molecule has 3 heteroatoms. The largest absolute Gasteiger partial charge is 0.373 e. The summed E-state index contributed by atoms with van der Waals surface area (Å²) in [6.07, 6.45) is 4.85. The summed E-state index contributed by atoms with van der Waals surface area (Å²) in [6, 6.07) is 14.8. The molecule has 1 aliphatic carbocycles. The summed E-state index contributed by atoms with van der Waals surface area (Å²) in [4.78, 5) is 3.70. The quantitative estimate of drug-likeness (QED) is 0.763. The van der Waals surface area contributed by atoms with Gasteiger partial charge >= 0.3 is 0 Å². The summed E-state index contributed by atoms with van der Waals surface area (Å²) in [5, 5.41) is 2.17. The van der Waals surface area contributed by atoms with E-state index < -0.39 is 0 Å². The van der Waals surface area contributed by atoms with Crippen LogP contribution in [-0.2, 0) is 11.3 Å². The lowest BCUT2D eigenvalue weighted by molar-refractivity contribution is 0.0258. The minimum atomic E-state index is 0.323. The van der Waals surface area contributed by atoms with Gasteiger partial charge in [0.15, 0.2) is 0 Å². The van der Waals surface area contributed by atoms with Gasteiger partial charge in [-0.2, -0.15) is 0 Å². The number of ether oxygens (including phenoxy) is 1. The average molecular weight is 327 g/mol. The van der Waals surface area contributed by atoms with Gasteiger partial charge in [0.2, 0.25) is 0 Å². The smallest absolute Gasteiger partial charge is 0.0720 e. The summed E-state index contributed by atoms with van der Waals surface area (Å²) in [7, 11) is 4.31. The molecule has 23 heavy (non-hydrogen) atoms. The zero-order valence-electron chi connectivity index (χ0n) is 13.9. The van der Waals surface area contributed by atoms with Gasteiger partial charge in [0.25, 0.3) is 0 Å². The highest BCUT2D eigenvalue weighted by Crippen LogP contribution is 2.36. The lowest BCUT2D eigenvalue weighted by Gasteiger charge is -2.31. The Morgan fingerprint density at radius 2 is 1.96 bits per heavy atom. The van der Waals surface area contributed by atoms with Crippen molar-refractivity contribution in [3.63, 3.8) is 0 Å². The van der Waals surface area contributed by atoms with Crippen molar-refractivity contribution in [1.82, 2.24) is 4.90 Å². The molecule has 2 aromatic rings. The molecule has 2 nitrogen and oxygen atoms in total. The summed E-state index contributed by atoms with van der Waals surface area (Å²) in [6.45, 7) is 1.79. The zero-order chi connectivity index (χ0) is 16.1. The molecule has 2 atom stereocenters. The third-order valence-electron chi connectivity index (χ3n) is 4.31. The van der Waals surface area contributed by atoms with Crippen LogP contribution in [0.4, 0.5) is 0 Å². The van der Waals surface area contributed by atoms with Crippen molar-refractivity contribution in [2.45, 2.75) is 25.6 Å². The number of thiophene rings is 1. The molecule has 1 aromatic heterocycles. The predicted octanol–water partition coefficient (Wildman–Crippen LogP) is 4.69. The molecule has 0 radical (unpaired) electrons. The van der Waals surface area contributed by atoms with Crippen LogP contribution in [0.25, 0.3) is 5.57 Å². The van der Waals surface area contributed by atoms with E-state index in [9.17, 15) is 0 Å². The van der Waals surface area contributed by atoms with Gasteiger partial charge < -0.3 is 9.64 Å². The third kappa shape index (κ3) is 4.54. The minimum Gasteiger partial charge on any atom is -0.373 e. The Bertz CT molecular complexity index is 618. The fourth-order valence-corrected chi connectivity index (χ4v) is 4.10. The average Bonchev–Trinajstić information content (AvgIpc) is 3.08. The number of rotatable bonds is 6. The number of hydrogen-bond acceptors (Lipinski definition) is 3. The third-order valence-corrected chi connectivity index (χ3v) is 5.23. The highest BCUT2D eigenvalue weighted by molar-refractivity contribution is 7.11. The van der Waals surface area contributed by atoms with Crippen LogP contribution in [0.2, 0.25) is 0 Å². The van der Waals surface area contributed by atoms with Crippen molar-refractivity contribution in [2.75, 3.05) is 20.6 Å². The maximum Gasteiger partial charge on any atom is 0.0720 e. The standard InChI is InChI=1S/C20H25NOS/c1-21(2)14-17-13-18(22-15-16-7-4-3-5-8-16)10-11-19(17)20-9-6-12-23-20/h3-9,11-12,17-18H,10,13-15H2,1-2H3. The van der Waals surface area contributed by atoms with E-state index in [0.29, 0.717) is 18.6 Å². The lowest BCUT2D eigenvalue weighted by Crippen LogP contribution is -2.29. The highest BCUT2D eigenvalue weighted by atomic mass is 32.1. The topological polar surface area (TPSA) is 12.5 Å².